The Kier molecular flexibility index (Phi) is 4.48. The molecule has 0 saturated heterocycles. The maximum atomic E-state index is 14.4. The number of alkyl halides is 3. The lowest BCUT2D eigenvalue weighted by Crippen LogP contribution is -2.25. The van der Waals surface area contributed by atoms with Gasteiger partial charge < -0.3 is 0 Å². The van der Waals surface area contributed by atoms with Gasteiger partial charge in [0.1, 0.15) is 11.6 Å². The van der Waals surface area contributed by atoms with Gasteiger partial charge in [-0.25, -0.2) is 8.78 Å². The summed E-state index contributed by atoms with van der Waals surface area (Å²) in [6, 6.07) is 4.78. The van der Waals surface area contributed by atoms with Crippen molar-refractivity contribution in [2.75, 3.05) is 0 Å². The minimum atomic E-state index is -5.37. The highest BCUT2D eigenvalue weighted by atomic mass is 19.4. The first-order valence-corrected chi connectivity index (χ1v) is 6.99. The van der Waals surface area contributed by atoms with E-state index in [1.807, 2.05) is 20.8 Å². The van der Waals surface area contributed by atoms with E-state index in [1.165, 1.54) is 12.3 Å². The number of ketones is 1. The Balaban J connectivity index is 2.64. The molecule has 128 valence electrons. The molecule has 0 atom stereocenters. The van der Waals surface area contributed by atoms with Crippen molar-refractivity contribution in [3.05, 3.63) is 53.2 Å². The van der Waals surface area contributed by atoms with Gasteiger partial charge in [-0.1, -0.05) is 20.8 Å². The SMILES string of the molecule is CC(C)(C)c1ccnc(-c2ccc(F)c(C(=O)C(F)(F)F)c2F)c1. The predicted octanol–water partition coefficient (Wildman–Crippen LogP) is 5.07. The third-order valence-corrected chi connectivity index (χ3v) is 3.48. The number of pyridine rings is 1. The van der Waals surface area contributed by atoms with Gasteiger partial charge in [0.25, 0.3) is 5.78 Å². The second-order valence-corrected chi connectivity index (χ2v) is 6.29. The first-order chi connectivity index (χ1) is 10.9. The molecule has 24 heavy (non-hydrogen) atoms. The molecule has 0 aliphatic rings. The minimum Gasteiger partial charge on any atom is -0.284 e. The fraction of sp³-hybridized carbons (Fsp3) is 0.294. The summed E-state index contributed by atoms with van der Waals surface area (Å²) in [6.07, 6.45) is -4.00. The van der Waals surface area contributed by atoms with E-state index in [2.05, 4.69) is 4.98 Å². The summed E-state index contributed by atoms with van der Waals surface area (Å²) in [5.41, 5.74) is -1.51. The fourth-order valence-electron chi connectivity index (χ4n) is 2.14. The van der Waals surface area contributed by atoms with E-state index in [0.717, 1.165) is 11.6 Å². The maximum absolute atomic E-state index is 14.4. The highest BCUT2D eigenvalue weighted by Gasteiger charge is 2.43. The third kappa shape index (κ3) is 3.44. The highest BCUT2D eigenvalue weighted by Crippen LogP contribution is 2.32. The van der Waals surface area contributed by atoms with E-state index in [9.17, 15) is 26.7 Å². The summed E-state index contributed by atoms with van der Waals surface area (Å²) in [6.45, 7) is 5.68. The van der Waals surface area contributed by atoms with Crippen LogP contribution in [0.3, 0.4) is 0 Å². The van der Waals surface area contributed by atoms with Gasteiger partial charge in [0.2, 0.25) is 0 Å². The maximum Gasteiger partial charge on any atom is 0.455 e. The van der Waals surface area contributed by atoms with Crippen LogP contribution in [0.2, 0.25) is 0 Å². The van der Waals surface area contributed by atoms with E-state index in [1.54, 1.807) is 6.07 Å². The topological polar surface area (TPSA) is 30.0 Å². The Hall–Kier alpha value is -2.31. The smallest absolute Gasteiger partial charge is 0.284 e. The second kappa shape index (κ2) is 5.96. The molecule has 1 aromatic heterocycles. The van der Waals surface area contributed by atoms with Gasteiger partial charge in [-0.3, -0.25) is 9.78 Å². The van der Waals surface area contributed by atoms with Crippen molar-refractivity contribution in [3.63, 3.8) is 0 Å². The van der Waals surface area contributed by atoms with Crippen LogP contribution in [0.5, 0.6) is 0 Å². The number of carbonyl (C=O) groups excluding carboxylic acids is 1. The summed E-state index contributed by atoms with van der Waals surface area (Å²) < 4.78 is 65.7. The lowest BCUT2D eigenvalue weighted by atomic mass is 9.87. The number of hydrogen-bond donors (Lipinski definition) is 0. The second-order valence-electron chi connectivity index (χ2n) is 6.29. The molecule has 0 aliphatic heterocycles. The molecule has 1 aromatic carbocycles. The molecule has 2 rings (SSSR count). The molecule has 0 saturated carbocycles. The van der Waals surface area contributed by atoms with Gasteiger partial charge in [0.15, 0.2) is 0 Å². The van der Waals surface area contributed by atoms with Crippen molar-refractivity contribution in [2.24, 2.45) is 0 Å². The van der Waals surface area contributed by atoms with Crippen LogP contribution in [0.15, 0.2) is 30.5 Å². The minimum absolute atomic E-state index is 0.0242. The summed E-state index contributed by atoms with van der Waals surface area (Å²) in [5.74, 6) is -5.70. The first kappa shape index (κ1) is 18.0. The normalized spacial score (nSPS) is 12.3. The van der Waals surface area contributed by atoms with Crippen molar-refractivity contribution in [1.82, 2.24) is 4.98 Å². The molecule has 0 aliphatic carbocycles. The molecule has 0 fully saturated rings. The van der Waals surface area contributed by atoms with Gasteiger partial charge in [0.05, 0.1) is 11.3 Å². The number of hydrogen-bond acceptors (Lipinski definition) is 2. The van der Waals surface area contributed by atoms with E-state index >= 15 is 0 Å². The molecule has 1 heterocycles. The molecule has 0 unspecified atom stereocenters. The summed E-state index contributed by atoms with van der Waals surface area (Å²) in [4.78, 5) is 15.2. The average Bonchev–Trinajstić information content (AvgIpc) is 2.45. The Morgan fingerprint density at radius 1 is 1.04 bits per heavy atom. The van der Waals surface area contributed by atoms with Crippen LogP contribution in [0, 0.1) is 11.6 Å². The van der Waals surface area contributed by atoms with Crippen LogP contribution in [-0.2, 0) is 5.41 Å². The zero-order valence-corrected chi connectivity index (χ0v) is 13.1. The number of nitrogens with zero attached hydrogens (tertiary/aromatic N) is 1. The third-order valence-electron chi connectivity index (χ3n) is 3.48. The van der Waals surface area contributed by atoms with E-state index in [-0.39, 0.29) is 16.7 Å². The molecule has 2 nitrogen and oxygen atoms in total. The molecular weight excluding hydrogens is 329 g/mol. The Bertz CT molecular complexity index is 791. The predicted molar refractivity (Wildman–Crippen MR) is 78.7 cm³/mol. The monoisotopic (exact) mass is 343 g/mol. The summed E-state index contributed by atoms with van der Waals surface area (Å²) in [7, 11) is 0. The molecule has 2 aromatic rings. The number of Topliss-reactive ketones (excluding diaryl/α,β-unsaturated/α-hetero) is 1. The molecular formula is C17H14F5NO. The Morgan fingerprint density at radius 3 is 2.21 bits per heavy atom. The standard InChI is InChI=1S/C17H14F5NO/c1-16(2,3)9-6-7-23-12(8-9)10-4-5-11(18)13(14(10)19)15(24)17(20,21)22/h4-8H,1-3H3. The number of halogens is 5. The number of rotatable bonds is 2. The van der Waals surface area contributed by atoms with Gasteiger partial charge in [-0.15, -0.1) is 0 Å². The van der Waals surface area contributed by atoms with Gasteiger partial charge in [-0.05, 0) is 35.2 Å². The van der Waals surface area contributed by atoms with Crippen molar-refractivity contribution in [1.29, 1.82) is 0 Å². The van der Waals surface area contributed by atoms with Crippen molar-refractivity contribution in [2.45, 2.75) is 32.4 Å². The lowest BCUT2D eigenvalue weighted by molar-refractivity contribution is -0.0890. The molecule has 7 heteroatoms. The summed E-state index contributed by atoms with van der Waals surface area (Å²) >= 11 is 0. The first-order valence-electron chi connectivity index (χ1n) is 6.99. The van der Waals surface area contributed by atoms with E-state index < -0.39 is 29.2 Å². The average molecular weight is 343 g/mol. The van der Waals surface area contributed by atoms with E-state index in [4.69, 9.17) is 0 Å². The van der Waals surface area contributed by atoms with Crippen LogP contribution in [0.4, 0.5) is 22.0 Å². The van der Waals surface area contributed by atoms with Crippen LogP contribution < -0.4 is 0 Å². The van der Waals surface area contributed by atoms with Gasteiger partial charge >= 0.3 is 6.18 Å². The zero-order valence-electron chi connectivity index (χ0n) is 13.1. The quantitative estimate of drug-likeness (QED) is 0.563. The molecule has 0 amide bonds. The number of aromatic nitrogens is 1. The van der Waals surface area contributed by atoms with Crippen LogP contribution in [0.25, 0.3) is 11.3 Å². The van der Waals surface area contributed by atoms with Crippen molar-refractivity contribution < 1.29 is 26.7 Å². The molecule has 0 N–H and O–H groups in total. The zero-order chi connectivity index (χ0) is 18.3. The number of benzene rings is 1. The lowest BCUT2D eigenvalue weighted by Gasteiger charge is -2.19. The molecule has 0 bridgehead atoms. The Morgan fingerprint density at radius 2 is 1.67 bits per heavy atom. The van der Waals surface area contributed by atoms with Crippen LogP contribution in [-0.4, -0.2) is 16.9 Å². The summed E-state index contributed by atoms with van der Waals surface area (Å²) in [5, 5.41) is 0. The van der Waals surface area contributed by atoms with Gasteiger partial charge in [-0.2, -0.15) is 13.2 Å². The van der Waals surface area contributed by atoms with E-state index in [0.29, 0.717) is 6.07 Å². The van der Waals surface area contributed by atoms with Gasteiger partial charge in [0, 0.05) is 11.8 Å². The Labute approximate surface area is 135 Å². The fourth-order valence-corrected chi connectivity index (χ4v) is 2.14. The van der Waals surface area contributed by atoms with Crippen molar-refractivity contribution in [3.8, 4) is 11.3 Å². The van der Waals surface area contributed by atoms with Crippen LogP contribution in [0.1, 0.15) is 36.7 Å². The number of carbonyl (C=O) groups is 1. The molecule has 0 spiro atoms. The van der Waals surface area contributed by atoms with Crippen molar-refractivity contribution >= 4 is 5.78 Å². The largest absolute Gasteiger partial charge is 0.455 e. The highest BCUT2D eigenvalue weighted by molar-refractivity contribution is 6.01. The van der Waals surface area contributed by atoms with Crippen LogP contribution >= 0.6 is 0 Å². The molecule has 0 radical (unpaired) electrons.